The summed E-state index contributed by atoms with van der Waals surface area (Å²) >= 11 is 0. The van der Waals surface area contributed by atoms with E-state index < -0.39 is 16.1 Å². The van der Waals surface area contributed by atoms with Crippen LogP contribution in [0.5, 0.6) is 5.75 Å². The molecule has 0 saturated heterocycles. The first-order valence-corrected chi connectivity index (χ1v) is 9.94. The van der Waals surface area contributed by atoms with Crippen LogP contribution >= 0.6 is 0 Å². The standard InChI is InChI=1S/C19H22N4O3S/c1-13-8-9-17(26-4)18(11-13)27(24,25)22-14(2)16-12-21-23(15(16)3)19-7-5-6-10-20-19/h5-12,14,22H,1-4H3/t14-/m0/s1. The quantitative estimate of drug-likeness (QED) is 0.704. The van der Waals surface area contributed by atoms with E-state index in [0.717, 1.165) is 16.8 Å². The summed E-state index contributed by atoms with van der Waals surface area (Å²) in [4.78, 5) is 4.40. The van der Waals surface area contributed by atoms with Crippen LogP contribution in [0.3, 0.4) is 0 Å². The molecule has 0 aliphatic rings. The summed E-state index contributed by atoms with van der Waals surface area (Å²) in [6.07, 6.45) is 3.34. The molecule has 0 amide bonds. The number of sulfonamides is 1. The second kappa shape index (κ2) is 7.50. The van der Waals surface area contributed by atoms with Crippen molar-refractivity contribution in [2.24, 2.45) is 0 Å². The Kier molecular flexibility index (Phi) is 5.29. The Morgan fingerprint density at radius 2 is 1.96 bits per heavy atom. The molecule has 1 atom stereocenters. The summed E-state index contributed by atoms with van der Waals surface area (Å²) in [5.74, 6) is 0.984. The van der Waals surface area contributed by atoms with Crippen LogP contribution in [-0.4, -0.2) is 30.3 Å². The molecule has 0 fully saturated rings. The zero-order valence-electron chi connectivity index (χ0n) is 15.7. The largest absolute Gasteiger partial charge is 0.495 e. The van der Waals surface area contributed by atoms with Crippen LogP contribution in [0.25, 0.3) is 5.82 Å². The van der Waals surface area contributed by atoms with E-state index in [1.165, 1.54) is 7.11 Å². The molecule has 0 unspecified atom stereocenters. The predicted molar refractivity (Wildman–Crippen MR) is 103 cm³/mol. The highest BCUT2D eigenvalue weighted by Crippen LogP contribution is 2.27. The first-order chi connectivity index (χ1) is 12.8. The molecule has 2 aromatic heterocycles. The number of rotatable bonds is 6. The fourth-order valence-corrected chi connectivity index (χ4v) is 4.39. The van der Waals surface area contributed by atoms with E-state index in [1.807, 2.05) is 38.1 Å². The molecule has 0 spiro atoms. The summed E-state index contributed by atoms with van der Waals surface area (Å²) < 4.78 is 35.4. The van der Waals surface area contributed by atoms with Crippen LogP contribution in [0.15, 0.2) is 53.7 Å². The Hall–Kier alpha value is -2.71. The van der Waals surface area contributed by atoms with Gasteiger partial charge in [-0.1, -0.05) is 12.1 Å². The van der Waals surface area contributed by atoms with Gasteiger partial charge in [-0.2, -0.15) is 5.10 Å². The summed E-state index contributed by atoms with van der Waals surface area (Å²) in [5.41, 5.74) is 2.43. The molecule has 1 N–H and O–H groups in total. The van der Waals surface area contributed by atoms with Crippen molar-refractivity contribution in [1.82, 2.24) is 19.5 Å². The van der Waals surface area contributed by atoms with E-state index in [-0.39, 0.29) is 4.90 Å². The first kappa shape index (κ1) is 19.1. The maximum Gasteiger partial charge on any atom is 0.244 e. The van der Waals surface area contributed by atoms with Gasteiger partial charge in [-0.25, -0.2) is 22.8 Å². The van der Waals surface area contributed by atoms with E-state index in [9.17, 15) is 8.42 Å². The summed E-state index contributed by atoms with van der Waals surface area (Å²) in [6, 6.07) is 10.1. The zero-order valence-corrected chi connectivity index (χ0v) is 16.5. The van der Waals surface area contributed by atoms with Crippen molar-refractivity contribution in [3.05, 3.63) is 65.6 Å². The van der Waals surface area contributed by atoms with E-state index >= 15 is 0 Å². The van der Waals surface area contributed by atoms with Gasteiger partial charge in [0.15, 0.2) is 5.82 Å². The topological polar surface area (TPSA) is 86.1 Å². The van der Waals surface area contributed by atoms with Crippen LogP contribution in [0, 0.1) is 13.8 Å². The monoisotopic (exact) mass is 386 g/mol. The minimum Gasteiger partial charge on any atom is -0.495 e. The molecule has 142 valence electrons. The van der Waals surface area contributed by atoms with Crippen LogP contribution < -0.4 is 9.46 Å². The summed E-state index contributed by atoms with van der Waals surface area (Å²) in [5, 5.41) is 4.35. The van der Waals surface area contributed by atoms with Crippen molar-refractivity contribution in [1.29, 1.82) is 0 Å². The van der Waals surface area contributed by atoms with Crippen molar-refractivity contribution in [3.8, 4) is 11.6 Å². The number of nitrogens with one attached hydrogen (secondary N) is 1. The van der Waals surface area contributed by atoms with E-state index in [1.54, 1.807) is 36.1 Å². The first-order valence-electron chi connectivity index (χ1n) is 8.46. The number of aromatic nitrogens is 3. The lowest BCUT2D eigenvalue weighted by molar-refractivity contribution is 0.402. The average molecular weight is 386 g/mol. The molecule has 3 aromatic rings. The van der Waals surface area contributed by atoms with Gasteiger partial charge < -0.3 is 4.74 Å². The minimum atomic E-state index is -3.77. The van der Waals surface area contributed by atoms with Gasteiger partial charge in [0.25, 0.3) is 0 Å². The lowest BCUT2D eigenvalue weighted by Gasteiger charge is -2.16. The van der Waals surface area contributed by atoms with Gasteiger partial charge in [-0.15, -0.1) is 0 Å². The van der Waals surface area contributed by atoms with E-state index in [2.05, 4.69) is 14.8 Å². The summed E-state index contributed by atoms with van der Waals surface area (Å²) in [6.45, 7) is 5.50. The van der Waals surface area contributed by atoms with Crippen LogP contribution in [-0.2, 0) is 10.0 Å². The Morgan fingerprint density at radius 1 is 1.19 bits per heavy atom. The van der Waals surface area contributed by atoms with Gasteiger partial charge in [-0.3, -0.25) is 0 Å². The molecule has 27 heavy (non-hydrogen) atoms. The molecule has 0 bridgehead atoms. The third-order valence-corrected chi connectivity index (χ3v) is 5.88. The second-order valence-electron chi connectivity index (χ2n) is 6.28. The lowest BCUT2D eigenvalue weighted by Crippen LogP contribution is -2.27. The molecule has 3 rings (SSSR count). The van der Waals surface area contributed by atoms with Gasteiger partial charge in [0.05, 0.1) is 13.3 Å². The number of methoxy groups -OCH3 is 1. The Labute approximate surface area is 159 Å². The molecular weight excluding hydrogens is 364 g/mol. The van der Waals surface area contributed by atoms with Crippen LogP contribution in [0.2, 0.25) is 0 Å². The molecule has 7 nitrogen and oxygen atoms in total. The van der Waals surface area contributed by atoms with Gasteiger partial charge >= 0.3 is 0 Å². The zero-order chi connectivity index (χ0) is 19.6. The SMILES string of the molecule is COc1ccc(C)cc1S(=O)(=O)N[C@@H](C)c1cnn(-c2ccccn2)c1C. The molecule has 0 aliphatic heterocycles. The average Bonchev–Trinajstić information content (AvgIpc) is 3.03. The fraction of sp³-hybridized carbons (Fsp3) is 0.263. The smallest absolute Gasteiger partial charge is 0.244 e. The molecule has 2 heterocycles. The third-order valence-electron chi connectivity index (χ3n) is 4.32. The molecule has 1 aromatic carbocycles. The number of nitrogens with zero attached hydrogens (tertiary/aromatic N) is 3. The molecule has 0 saturated carbocycles. The van der Waals surface area contributed by atoms with Gasteiger partial charge in [0.2, 0.25) is 10.0 Å². The third kappa shape index (κ3) is 3.86. The second-order valence-corrected chi connectivity index (χ2v) is 7.96. The molecule has 8 heteroatoms. The number of ether oxygens (including phenoxy) is 1. The normalized spacial score (nSPS) is 12.7. The number of hydrogen-bond donors (Lipinski definition) is 1. The Morgan fingerprint density at radius 3 is 2.63 bits per heavy atom. The highest BCUT2D eigenvalue weighted by molar-refractivity contribution is 7.89. The van der Waals surface area contributed by atoms with Crippen LogP contribution in [0.1, 0.15) is 29.8 Å². The van der Waals surface area contributed by atoms with Crippen molar-refractivity contribution >= 4 is 10.0 Å². The van der Waals surface area contributed by atoms with Crippen LogP contribution in [0.4, 0.5) is 0 Å². The molecular formula is C19H22N4O3S. The highest BCUT2D eigenvalue weighted by Gasteiger charge is 2.24. The van der Waals surface area contributed by atoms with Crippen molar-refractivity contribution < 1.29 is 13.2 Å². The maximum atomic E-state index is 12.9. The van der Waals surface area contributed by atoms with E-state index in [4.69, 9.17) is 4.74 Å². The Balaban J connectivity index is 1.91. The number of hydrogen-bond acceptors (Lipinski definition) is 5. The van der Waals surface area contributed by atoms with Gasteiger partial charge in [-0.05, 0) is 50.6 Å². The van der Waals surface area contributed by atoms with E-state index in [0.29, 0.717) is 11.6 Å². The molecule has 0 radical (unpaired) electrons. The number of aryl methyl sites for hydroxylation is 1. The minimum absolute atomic E-state index is 0.117. The predicted octanol–water partition coefficient (Wildman–Crippen LogP) is 2.93. The summed E-state index contributed by atoms with van der Waals surface area (Å²) in [7, 11) is -2.32. The lowest BCUT2D eigenvalue weighted by atomic mass is 10.1. The van der Waals surface area contributed by atoms with Crippen molar-refractivity contribution in [3.63, 3.8) is 0 Å². The van der Waals surface area contributed by atoms with Gasteiger partial charge in [0, 0.05) is 23.5 Å². The molecule has 0 aliphatic carbocycles. The maximum absolute atomic E-state index is 12.9. The Bertz CT molecular complexity index is 1050. The van der Waals surface area contributed by atoms with Crippen molar-refractivity contribution in [2.75, 3.05) is 7.11 Å². The van der Waals surface area contributed by atoms with Crippen molar-refractivity contribution in [2.45, 2.75) is 31.7 Å². The van der Waals surface area contributed by atoms with Gasteiger partial charge in [0.1, 0.15) is 10.6 Å². The highest BCUT2D eigenvalue weighted by atomic mass is 32.2. The number of benzene rings is 1. The fourth-order valence-electron chi connectivity index (χ4n) is 2.91. The number of pyridine rings is 1.